The molecule has 3 rings (SSSR count). The van der Waals surface area contributed by atoms with Gasteiger partial charge in [-0.05, 0) is 30.3 Å². The molecule has 2 heterocycles. The Hall–Kier alpha value is -3.02. The molecule has 0 saturated carbocycles. The highest BCUT2D eigenvalue weighted by atomic mass is 16.4. The second-order valence-corrected chi connectivity index (χ2v) is 4.14. The maximum atomic E-state index is 11.2. The van der Waals surface area contributed by atoms with Crippen LogP contribution in [0.4, 0.5) is 11.5 Å². The summed E-state index contributed by atoms with van der Waals surface area (Å²) in [5, 5.41) is 20.6. The average Bonchev–Trinajstić information content (AvgIpc) is 2.48. The summed E-state index contributed by atoms with van der Waals surface area (Å²) in [5.41, 5.74) is 1.46. The smallest absolute Gasteiger partial charge is 0.335 e. The SMILES string of the molecule is O=C(O)c1cc(Nc2cccnn2)c2ncccc2c1. The number of rotatable bonds is 3. The van der Waals surface area contributed by atoms with Gasteiger partial charge in [-0.2, -0.15) is 5.10 Å². The maximum Gasteiger partial charge on any atom is 0.335 e. The third-order valence-corrected chi connectivity index (χ3v) is 2.79. The van der Waals surface area contributed by atoms with Crippen LogP contribution in [0.3, 0.4) is 0 Å². The minimum atomic E-state index is -0.988. The van der Waals surface area contributed by atoms with Crippen molar-refractivity contribution in [1.29, 1.82) is 0 Å². The van der Waals surface area contributed by atoms with Crippen molar-refractivity contribution in [2.24, 2.45) is 0 Å². The van der Waals surface area contributed by atoms with Crippen molar-refractivity contribution in [3.05, 3.63) is 54.4 Å². The highest BCUT2D eigenvalue weighted by Gasteiger charge is 2.10. The summed E-state index contributed by atoms with van der Waals surface area (Å²) in [6.45, 7) is 0. The quantitative estimate of drug-likeness (QED) is 0.757. The lowest BCUT2D eigenvalue weighted by Gasteiger charge is -2.09. The van der Waals surface area contributed by atoms with E-state index >= 15 is 0 Å². The molecule has 6 heteroatoms. The normalized spacial score (nSPS) is 10.4. The largest absolute Gasteiger partial charge is 0.478 e. The molecule has 0 aliphatic heterocycles. The molecular weight excluding hydrogens is 256 g/mol. The van der Waals surface area contributed by atoms with Gasteiger partial charge < -0.3 is 10.4 Å². The molecular formula is C14H10N4O2. The topological polar surface area (TPSA) is 88.0 Å². The Morgan fingerprint density at radius 2 is 2.00 bits per heavy atom. The van der Waals surface area contributed by atoms with E-state index in [1.165, 1.54) is 6.07 Å². The molecule has 0 radical (unpaired) electrons. The fraction of sp³-hybridized carbons (Fsp3) is 0. The Morgan fingerprint density at radius 3 is 2.75 bits per heavy atom. The second kappa shape index (κ2) is 4.93. The number of aromatic carboxylic acids is 1. The lowest BCUT2D eigenvalue weighted by Crippen LogP contribution is -2.01. The molecule has 2 aromatic heterocycles. The van der Waals surface area contributed by atoms with Crippen LogP contribution in [0.15, 0.2) is 48.8 Å². The van der Waals surface area contributed by atoms with E-state index < -0.39 is 5.97 Å². The number of carbonyl (C=O) groups is 1. The van der Waals surface area contributed by atoms with Crippen molar-refractivity contribution in [3.63, 3.8) is 0 Å². The van der Waals surface area contributed by atoms with Crippen molar-refractivity contribution in [1.82, 2.24) is 15.2 Å². The van der Waals surface area contributed by atoms with Crippen molar-refractivity contribution in [2.75, 3.05) is 5.32 Å². The lowest BCUT2D eigenvalue weighted by atomic mass is 10.1. The number of anilines is 2. The number of pyridine rings is 1. The van der Waals surface area contributed by atoms with Crippen molar-refractivity contribution >= 4 is 28.4 Å². The van der Waals surface area contributed by atoms with Gasteiger partial charge >= 0.3 is 5.97 Å². The zero-order valence-electron chi connectivity index (χ0n) is 10.3. The Balaban J connectivity index is 2.15. The van der Waals surface area contributed by atoms with Gasteiger partial charge in [0.05, 0.1) is 16.8 Å². The van der Waals surface area contributed by atoms with Gasteiger partial charge in [-0.15, -0.1) is 5.10 Å². The van der Waals surface area contributed by atoms with Crippen LogP contribution in [0.1, 0.15) is 10.4 Å². The van der Waals surface area contributed by atoms with Crippen LogP contribution in [-0.2, 0) is 0 Å². The molecule has 0 saturated heterocycles. The molecule has 0 spiro atoms. The van der Waals surface area contributed by atoms with Gasteiger partial charge in [0.25, 0.3) is 0 Å². The third-order valence-electron chi connectivity index (χ3n) is 2.79. The van der Waals surface area contributed by atoms with E-state index in [4.69, 9.17) is 5.11 Å². The zero-order valence-corrected chi connectivity index (χ0v) is 10.3. The van der Waals surface area contributed by atoms with E-state index in [1.54, 1.807) is 36.7 Å². The van der Waals surface area contributed by atoms with Crippen LogP contribution in [0.5, 0.6) is 0 Å². The van der Waals surface area contributed by atoms with Gasteiger partial charge in [-0.1, -0.05) is 6.07 Å². The fourth-order valence-electron chi connectivity index (χ4n) is 1.92. The summed E-state index contributed by atoms with van der Waals surface area (Å²) in [6, 6.07) is 10.2. The number of fused-ring (bicyclic) bond motifs is 1. The molecule has 0 fully saturated rings. The van der Waals surface area contributed by atoms with Gasteiger partial charge in [-0.25, -0.2) is 4.79 Å². The van der Waals surface area contributed by atoms with E-state index in [0.29, 0.717) is 17.0 Å². The number of aromatic nitrogens is 3. The maximum absolute atomic E-state index is 11.2. The van der Waals surface area contributed by atoms with E-state index in [-0.39, 0.29) is 5.56 Å². The van der Waals surface area contributed by atoms with Gasteiger partial charge in [0.1, 0.15) is 0 Å². The van der Waals surface area contributed by atoms with Crippen molar-refractivity contribution in [3.8, 4) is 0 Å². The van der Waals surface area contributed by atoms with Crippen LogP contribution in [0.2, 0.25) is 0 Å². The van der Waals surface area contributed by atoms with E-state index in [9.17, 15) is 4.79 Å². The fourth-order valence-corrected chi connectivity index (χ4v) is 1.92. The molecule has 0 unspecified atom stereocenters. The molecule has 0 aliphatic carbocycles. The molecule has 3 aromatic rings. The molecule has 98 valence electrons. The van der Waals surface area contributed by atoms with E-state index in [2.05, 4.69) is 20.5 Å². The highest BCUT2D eigenvalue weighted by molar-refractivity contribution is 5.99. The summed E-state index contributed by atoms with van der Waals surface area (Å²) in [6.07, 6.45) is 3.22. The first-order valence-electron chi connectivity index (χ1n) is 5.91. The number of nitrogens with one attached hydrogen (secondary N) is 1. The number of hydrogen-bond donors (Lipinski definition) is 2. The summed E-state index contributed by atoms with van der Waals surface area (Å²) in [5.74, 6) is -0.458. The standard InChI is InChI=1S/C14H10N4O2/c19-14(20)10-7-9-3-1-5-15-13(9)11(8-10)17-12-4-2-6-16-18-12/h1-8H,(H,17,18)(H,19,20). The summed E-state index contributed by atoms with van der Waals surface area (Å²) < 4.78 is 0. The van der Waals surface area contributed by atoms with Gasteiger partial charge in [0.2, 0.25) is 0 Å². The Labute approximate surface area is 114 Å². The molecule has 0 bridgehead atoms. The zero-order chi connectivity index (χ0) is 13.9. The molecule has 0 atom stereocenters. The van der Waals surface area contributed by atoms with Crippen molar-refractivity contribution in [2.45, 2.75) is 0 Å². The number of nitrogens with zero attached hydrogens (tertiary/aromatic N) is 3. The predicted molar refractivity (Wildman–Crippen MR) is 74.0 cm³/mol. The number of benzene rings is 1. The van der Waals surface area contributed by atoms with Crippen molar-refractivity contribution < 1.29 is 9.90 Å². The van der Waals surface area contributed by atoms with Gasteiger partial charge in [0, 0.05) is 17.8 Å². The predicted octanol–water partition coefficient (Wildman–Crippen LogP) is 2.47. The molecule has 0 amide bonds. The monoisotopic (exact) mass is 266 g/mol. The van der Waals surface area contributed by atoms with Crippen LogP contribution in [0.25, 0.3) is 10.9 Å². The molecule has 1 aromatic carbocycles. The summed E-state index contributed by atoms with van der Waals surface area (Å²) >= 11 is 0. The third kappa shape index (κ3) is 2.26. The van der Waals surface area contributed by atoms with Crippen LogP contribution >= 0.6 is 0 Å². The number of hydrogen-bond acceptors (Lipinski definition) is 5. The first-order chi connectivity index (χ1) is 9.74. The second-order valence-electron chi connectivity index (χ2n) is 4.14. The average molecular weight is 266 g/mol. The Morgan fingerprint density at radius 1 is 1.15 bits per heavy atom. The van der Waals surface area contributed by atoms with Crippen LogP contribution in [0, 0.1) is 0 Å². The number of carboxylic acids is 1. The first kappa shape index (κ1) is 12.0. The Kier molecular flexibility index (Phi) is 2.96. The van der Waals surface area contributed by atoms with Crippen LogP contribution < -0.4 is 5.32 Å². The molecule has 2 N–H and O–H groups in total. The van der Waals surface area contributed by atoms with Crippen LogP contribution in [-0.4, -0.2) is 26.3 Å². The lowest BCUT2D eigenvalue weighted by molar-refractivity contribution is 0.0697. The van der Waals surface area contributed by atoms with Gasteiger partial charge in [-0.3, -0.25) is 4.98 Å². The molecule has 6 nitrogen and oxygen atoms in total. The minimum Gasteiger partial charge on any atom is -0.478 e. The number of carboxylic acid groups (broad SMARTS) is 1. The molecule has 0 aliphatic rings. The summed E-state index contributed by atoms with van der Waals surface area (Å²) in [4.78, 5) is 15.4. The van der Waals surface area contributed by atoms with E-state index in [1.807, 2.05) is 6.07 Å². The Bertz CT molecular complexity index is 774. The van der Waals surface area contributed by atoms with Gasteiger partial charge in [0.15, 0.2) is 5.82 Å². The molecule has 20 heavy (non-hydrogen) atoms. The first-order valence-corrected chi connectivity index (χ1v) is 5.91. The summed E-state index contributed by atoms with van der Waals surface area (Å²) in [7, 11) is 0. The van der Waals surface area contributed by atoms with E-state index in [0.717, 1.165) is 5.39 Å². The minimum absolute atomic E-state index is 0.192. The highest BCUT2D eigenvalue weighted by Crippen LogP contribution is 2.25.